The summed E-state index contributed by atoms with van der Waals surface area (Å²) in [6, 6.07) is 3.89. The zero-order chi connectivity index (χ0) is 12.3. The van der Waals surface area contributed by atoms with E-state index in [1.54, 1.807) is 12.4 Å². The van der Waals surface area contributed by atoms with Crippen molar-refractivity contribution in [3.05, 3.63) is 30.1 Å². The summed E-state index contributed by atoms with van der Waals surface area (Å²) in [6.07, 6.45) is 3.53. The lowest BCUT2D eigenvalue weighted by Gasteiger charge is -2.32. The molecule has 6 heteroatoms. The van der Waals surface area contributed by atoms with Crippen LogP contribution >= 0.6 is 24.8 Å². The molecular formula is C13H21Cl2N3O. The van der Waals surface area contributed by atoms with Gasteiger partial charge in [-0.1, -0.05) is 13.0 Å². The molecule has 2 heterocycles. The highest BCUT2D eigenvalue weighted by Gasteiger charge is 2.29. The summed E-state index contributed by atoms with van der Waals surface area (Å²) >= 11 is 0. The highest BCUT2D eigenvalue weighted by molar-refractivity contribution is 5.85. The molecule has 2 N–H and O–H groups in total. The van der Waals surface area contributed by atoms with Gasteiger partial charge in [-0.25, -0.2) is 0 Å². The third-order valence-electron chi connectivity index (χ3n) is 3.48. The van der Waals surface area contributed by atoms with Gasteiger partial charge in [-0.2, -0.15) is 0 Å². The Morgan fingerprint density at radius 3 is 2.58 bits per heavy atom. The van der Waals surface area contributed by atoms with Crippen LogP contribution in [-0.4, -0.2) is 24.0 Å². The van der Waals surface area contributed by atoms with Crippen LogP contribution in [-0.2, 0) is 4.79 Å². The minimum atomic E-state index is 0. The number of nitrogens with zero attached hydrogens (tertiary/aromatic N) is 1. The van der Waals surface area contributed by atoms with E-state index in [1.165, 1.54) is 0 Å². The number of aromatic nitrogens is 1. The van der Waals surface area contributed by atoms with Gasteiger partial charge in [-0.05, 0) is 37.6 Å². The molecular weight excluding hydrogens is 285 g/mol. The van der Waals surface area contributed by atoms with E-state index in [4.69, 9.17) is 0 Å². The second-order valence-electron chi connectivity index (χ2n) is 4.72. The first-order chi connectivity index (χ1) is 8.18. The van der Waals surface area contributed by atoms with Crippen LogP contribution in [0.25, 0.3) is 0 Å². The fraction of sp³-hybridized carbons (Fsp3) is 0.538. The van der Waals surface area contributed by atoms with Gasteiger partial charge in [0.25, 0.3) is 0 Å². The van der Waals surface area contributed by atoms with Crippen molar-refractivity contribution in [3.63, 3.8) is 0 Å². The zero-order valence-corrected chi connectivity index (χ0v) is 12.8. The molecule has 1 fully saturated rings. The van der Waals surface area contributed by atoms with Crippen LogP contribution < -0.4 is 10.6 Å². The summed E-state index contributed by atoms with van der Waals surface area (Å²) < 4.78 is 0. The molecule has 1 aromatic heterocycles. The highest BCUT2D eigenvalue weighted by atomic mass is 35.5. The molecule has 0 aromatic carbocycles. The monoisotopic (exact) mass is 305 g/mol. The Hall–Kier alpha value is -0.840. The molecule has 2 atom stereocenters. The molecule has 0 saturated carbocycles. The first-order valence-corrected chi connectivity index (χ1v) is 6.09. The number of carbonyl (C=O) groups excluding carboxylic acids is 1. The molecule has 0 bridgehead atoms. The Morgan fingerprint density at radius 2 is 2.11 bits per heavy atom. The number of halogens is 2. The fourth-order valence-corrected chi connectivity index (χ4v) is 1.94. The van der Waals surface area contributed by atoms with Crippen LogP contribution in [0.1, 0.15) is 25.5 Å². The molecule has 1 unspecified atom stereocenters. The van der Waals surface area contributed by atoms with Crippen molar-refractivity contribution in [1.29, 1.82) is 0 Å². The number of carbonyl (C=O) groups is 1. The molecule has 1 saturated heterocycles. The molecule has 1 amide bonds. The zero-order valence-electron chi connectivity index (χ0n) is 11.1. The quantitative estimate of drug-likeness (QED) is 0.894. The lowest BCUT2D eigenvalue weighted by molar-refractivity contribution is -0.127. The van der Waals surface area contributed by atoms with Gasteiger partial charge in [0.05, 0.1) is 6.04 Å². The standard InChI is InChI=1S/C13H19N3O.2ClH/c1-9(12-7-15-8-12)13(17)16-10(2)11-4-3-5-14-6-11;;/h3-6,9-10,12,15H,7-8H2,1-2H3,(H,16,17);2*1H/t9?,10-;;/m0../s1. The van der Waals surface area contributed by atoms with Crippen LogP contribution in [0.15, 0.2) is 24.5 Å². The van der Waals surface area contributed by atoms with Gasteiger partial charge >= 0.3 is 0 Å². The Labute approximate surface area is 126 Å². The average Bonchev–Trinajstić information content (AvgIpc) is 2.27. The summed E-state index contributed by atoms with van der Waals surface area (Å²) in [5.41, 5.74) is 1.04. The Morgan fingerprint density at radius 1 is 1.42 bits per heavy atom. The molecule has 0 spiro atoms. The van der Waals surface area contributed by atoms with Gasteiger partial charge in [0.15, 0.2) is 0 Å². The fourth-order valence-electron chi connectivity index (χ4n) is 1.94. The molecule has 19 heavy (non-hydrogen) atoms. The first-order valence-electron chi connectivity index (χ1n) is 6.09. The first kappa shape index (κ1) is 18.2. The molecule has 108 valence electrons. The normalized spacial score (nSPS) is 17.2. The lowest BCUT2D eigenvalue weighted by atomic mass is 9.88. The number of pyridine rings is 1. The second-order valence-corrected chi connectivity index (χ2v) is 4.72. The van der Waals surface area contributed by atoms with E-state index >= 15 is 0 Å². The van der Waals surface area contributed by atoms with E-state index in [0.717, 1.165) is 18.7 Å². The smallest absolute Gasteiger partial charge is 0.223 e. The average molecular weight is 306 g/mol. The molecule has 1 aliphatic heterocycles. The number of hydrogen-bond donors (Lipinski definition) is 2. The summed E-state index contributed by atoms with van der Waals surface area (Å²) in [6.45, 7) is 5.89. The minimum absolute atomic E-state index is 0. The van der Waals surface area contributed by atoms with Gasteiger partial charge in [0, 0.05) is 18.3 Å². The lowest BCUT2D eigenvalue weighted by Crippen LogP contribution is -2.49. The van der Waals surface area contributed by atoms with Gasteiger partial charge < -0.3 is 10.6 Å². The van der Waals surface area contributed by atoms with Gasteiger partial charge in [0.1, 0.15) is 0 Å². The van der Waals surface area contributed by atoms with Crippen molar-refractivity contribution in [2.24, 2.45) is 11.8 Å². The largest absolute Gasteiger partial charge is 0.349 e. The third kappa shape index (κ3) is 4.64. The Kier molecular flexibility index (Phi) is 7.99. The van der Waals surface area contributed by atoms with Crippen molar-refractivity contribution >= 4 is 30.7 Å². The number of nitrogens with one attached hydrogen (secondary N) is 2. The molecule has 4 nitrogen and oxygen atoms in total. The topological polar surface area (TPSA) is 54.0 Å². The predicted octanol–water partition coefficient (Wildman–Crippen LogP) is 1.96. The maximum Gasteiger partial charge on any atom is 0.223 e. The van der Waals surface area contributed by atoms with Crippen molar-refractivity contribution < 1.29 is 4.79 Å². The maximum atomic E-state index is 12.0. The van der Waals surface area contributed by atoms with Crippen LogP contribution in [0.5, 0.6) is 0 Å². The highest BCUT2D eigenvalue weighted by Crippen LogP contribution is 2.18. The van der Waals surface area contributed by atoms with E-state index in [2.05, 4.69) is 15.6 Å². The van der Waals surface area contributed by atoms with E-state index in [-0.39, 0.29) is 42.7 Å². The third-order valence-corrected chi connectivity index (χ3v) is 3.48. The summed E-state index contributed by atoms with van der Waals surface area (Å²) in [7, 11) is 0. The van der Waals surface area contributed by atoms with Crippen LogP contribution in [0.4, 0.5) is 0 Å². The van der Waals surface area contributed by atoms with Crippen molar-refractivity contribution in [2.45, 2.75) is 19.9 Å². The Balaban J connectivity index is 0.00000162. The molecule has 1 aromatic rings. The van der Waals surface area contributed by atoms with Crippen LogP contribution in [0.3, 0.4) is 0 Å². The SMILES string of the molecule is CC(C(=O)N[C@@H](C)c1cccnc1)C1CNC1.Cl.Cl. The van der Waals surface area contributed by atoms with E-state index in [0.29, 0.717) is 5.92 Å². The predicted molar refractivity (Wildman–Crippen MR) is 80.8 cm³/mol. The molecule has 1 aliphatic rings. The van der Waals surface area contributed by atoms with Crippen molar-refractivity contribution in [1.82, 2.24) is 15.6 Å². The second kappa shape index (κ2) is 8.35. The van der Waals surface area contributed by atoms with Gasteiger partial charge in [-0.15, -0.1) is 24.8 Å². The van der Waals surface area contributed by atoms with E-state index < -0.39 is 0 Å². The summed E-state index contributed by atoms with van der Waals surface area (Å²) in [5.74, 6) is 0.694. The molecule has 2 rings (SSSR count). The number of hydrogen-bond acceptors (Lipinski definition) is 3. The summed E-state index contributed by atoms with van der Waals surface area (Å²) in [5, 5.41) is 6.23. The van der Waals surface area contributed by atoms with Crippen LogP contribution in [0, 0.1) is 11.8 Å². The maximum absolute atomic E-state index is 12.0. The van der Waals surface area contributed by atoms with Gasteiger partial charge in [-0.3, -0.25) is 9.78 Å². The van der Waals surface area contributed by atoms with E-state index in [9.17, 15) is 4.79 Å². The minimum Gasteiger partial charge on any atom is -0.349 e. The number of amides is 1. The molecule has 0 aliphatic carbocycles. The van der Waals surface area contributed by atoms with Gasteiger partial charge in [0.2, 0.25) is 5.91 Å². The van der Waals surface area contributed by atoms with Crippen LogP contribution in [0.2, 0.25) is 0 Å². The Bertz CT molecular complexity index is 385. The number of rotatable bonds is 4. The van der Waals surface area contributed by atoms with Crippen molar-refractivity contribution in [3.8, 4) is 0 Å². The van der Waals surface area contributed by atoms with Crippen molar-refractivity contribution in [2.75, 3.05) is 13.1 Å². The summed E-state index contributed by atoms with van der Waals surface area (Å²) in [4.78, 5) is 16.1. The van der Waals surface area contributed by atoms with E-state index in [1.807, 2.05) is 26.0 Å². The molecule has 0 radical (unpaired) electrons.